The zero-order chi connectivity index (χ0) is 14.5. The second-order valence-corrected chi connectivity index (χ2v) is 4.36. The van der Waals surface area contributed by atoms with Crippen molar-refractivity contribution in [1.29, 1.82) is 5.26 Å². The molecule has 0 atom stereocenters. The van der Waals surface area contributed by atoms with Crippen LogP contribution in [0.4, 0.5) is 0 Å². The number of hydrogen-bond donors (Lipinski definition) is 1. The fourth-order valence-electron chi connectivity index (χ4n) is 1.77. The van der Waals surface area contributed by atoms with Gasteiger partial charge in [0.05, 0.1) is 11.6 Å². The van der Waals surface area contributed by atoms with E-state index in [0.29, 0.717) is 17.7 Å². The summed E-state index contributed by atoms with van der Waals surface area (Å²) in [4.78, 5) is 23.2. The lowest BCUT2D eigenvalue weighted by atomic mass is 10.1. The Kier molecular flexibility index (Phi) is 3.96. The number of nitrogens with zero attached hydrogens (tertiary/aromatic N) is 2. The molecule has 0 radical (unpaired) electrons. The molecule has 0 spiro atoms. The van der Waals surface area contributed by atoms with Crippen LogP contribution < -0.4 is 10.9 Å². The zero-order valence-electron chi connectivity index (χ0n) is 11.0. The number of pyridine rings is 1. The van der Waals surface area contributed by atoms with E-state index in [4.69, 9.17) is 5.26 Å². The first kappa shape index (κ1) is 13.6. The summed E-state index contributed by atoms with van der Waals surface area (Å²) in [6.45, 7) is 0.323. The molecule has 2 aromatic rings. The number of aryl methyl sites for hydroxylation is 1. The van der Waals surface area contributed by atoms with Gasteiger partial charge in [0.25, 0.3) is 5.91 Å². The van der Waals surface area contributed by atoms with Crippen LogP contribution in [-0.4, -0.2) is 10.5 Å². The van der Waals surface area contributed by atoms with Crippen LogP contribution in [0.15, 0.2) is 47.4 Å². The normalized spacial score (nSPS) is 9.80. The first-order valence-electron chi connectivity index (χ1n) is 6.04. The first-order valence-corrected chi connectivity index (χ1v) is 6.04. The van der Waals surface area contributed by atoms with Crippen LogP contribution >= 0.6 is 0 Å². The summed E-state index contributed by atoms with van der Waals surface area (Å²) in [5.41, 5.74) is 1.62. The van der Waals surface area contributed by atoms with Gasteiger partial charge in [0.15, 0.2) is 0 Å². The van der Waals surface area contributed by atoms with Crippen LogP contribution in [0.3, 0.4) is 0 Å². The average Bonchev–Trinajstić information content (AvgIpc) is 2.48. The quantitative estimate of drug-likeness (QED) is 0.907. The third-order valence-corrected chi connectivity index (χ3v) is 2.85. The highest BCUT2D eigenvalue weighted by atomic mass is 16.1. The monoisotopic (exact) mass is 267 g/mol. The van der Waals surface area contributed by atoms with Gasteiger partial charge in [0.2, 0.25) is 5.56 Å². The Morgan fingerprint density at radius 2 is 2.15 bits per heavy atom. The molecule has 0 aliphatic rings. The summed E-state index contributed by atoms with van der Waals surface area (Å²) in [5.74, 6) is -0.254. The second kappa shape index (κ2) is 5.85. The van der Waals surface area contributed by atoms with Crippen LogP contribution in [0, 0.1) is 11.3 Å². The Labute approximate surface area is 116 Å². The second-order valence-electron chi connectivity index (χ2n) is 4.36. The molecule has 0 bridgehead atoms. The molecule has 1 aromatic carbocycles. The Hall–Kier alpha value is -2.87. The number of nitriles is 1. The third-order valence-electron chi connectivity index (χ3n) is 2.85. The Balaban J connectivity index is 2.06. The maximum Gasteiger partial charge on any atom is 0.251 e. The maximum atomic E-state index is 11.9. The van der Waals surface area contributed by atoms with Crippen molar-refractivity contribution < 1.29 is 4.79 Å². The molecule has 1 heterocycles. The van der Waals surface area contributed by atoms with Crippen LogP contribution in [0.1, 0.15) is 21.5 Å². The molecule has 5 nitrogen and oxygen atoms in total. The number of hydrogen-bond acceptors (Lipinski definition) is 3. The highest BCUT2D eigenvalue weighted by Crippen LogP contribution is 2.04. The summed E-state index contributed by atoms with van der Waals surface area (Å²) in [7, 11) is 1.66. The zero-order valence-corrected chi connectivity index (χ0v) is 11.0. The molecule has 0 unspecified atom stereocenters. The standard InChI is InChI=1S/C15H13N3O2/c1-18-10-12(5-6-14(18)19)9-17-15(20)13-4-2-3-11(7-13)8-16/h2-7,10H,9H2,1H3,(H,17,20). The van der Waals surface area contributed by atoms with E-state index in [1.54, 1.807) is 37.5 Å². The van der Waals surface area contributed by atoms with Crippen molar-refractivity contribution in [3.05, 3.63) is 69.6 Å². The number of carbonyl (C=O) groups excluding carboxylic acids is 1. The van der Waals surface area contributed by atoms with E-state index in [1.807, 2.05) is 6.07 Å². The van der Waals surface area contributed by atoms with Crippen molar-refractivity contribution in [3.63, 3.8) is 0 Å². The van der Waals surface area contributed by atoms with Crippen molar-refractivity contribution >= 4 is 5.91 Å². The Bertz CT molecular complexity index is 741. The Morgan fingerprint density at radius 1 is 1.35 bits per heavy atom. The van der Waals surface area contributed by atoms with Crippen LogP contribution in [0.2, 0.25) is 0 Å². The lowest BCUT2D eigenvalue weighted by Crippen LogP contribution is -2.24. The largest absolute Gasteiger partial charge is 0.348 e. The first-order chi connectivity index (χ1) is 9.60. The number of nitrogens with one attached hydrogen (secondary N) is 1. The minimum atomic E-state index is -0.254. The molecule has 0 saturated heterocycles. The summed E-state index contributed by atoms with van der Waals surface area (Å²) in [5, 5.41) is 11.5. The van der Waals surface area contributed by atoms with Gasteiger partial charge in [0.1, 0.15) is 0 Å². The van der Waals surface area contributed by atoms with Crippen molar-refractivity contribution in [2.75, 3.05) is 0 Å². The molecule has 0 aliphatic heterocycles. The molecule has 1 aromatic heterocycles. The van der Waals surface area contributed by atoms with E-state index in [1.165, 1.54) is 16.7 Å². The molecule has 0 aliphatic carbocycles. The minimum absolute atomic E-state index is 0.0956. The highest BCUT2D eigenvalue weighted by Gasteiger charge is 2.06. The number of carbonyl (C=O) groups is 1. The van der Waals surface area contributed by atoms with Gasteiger partial charge in [-0.05, 0) is 23.8 Å². The van der Waals surface area contributed by atoms with E-state index in [2.05, 4.69) is 5.32 Å². The number of aromatic nitrogens is 1. The summed E-state index contributed by atoms with van der Waals surface area (Å²) >= 11 is 0. The lowest BCUT2D eigenvalue weighted by Gasteiger charge is -2.06. The van der Waals surface area contributed by atoms with Crippen LogP contribution in [0.5, 0.6) is 0 Å². The van der Waals surface area contributed by atoms with Crippen molar-refractivity contribution in [1.82, 2.24) is 9.88 Å². The molecule has 2 rings (SSSR count). The van der Waals surface area contributed by atoms with Gasteiger partial charge in [-0.15, -0.1) is 0 Å². The molecule has 20 heavy (non-hydrogen) atoms. The maximum absolute atomic E-state index is 11.9. The highest BCUT2D eigenvalue weighted by molar-refractivity contribution is 5.94. The fourth-order valence-corrected chi connectivity index (χ4v) is 1.77. The number of rotatable bonds is 3. The number of benzene rings is 1. The molecule has 100 valence electrons. The van der Waals surface area contributed by atoms with E-state index < -0.39 is 0 Å². The summed E-state index contributed by atoms with van der Waals surface area (Å²) in [6, 6.07) is 11.6. The smallest absolute Gasteiger partial charge is 0.251 e. The third kappa shape index (κ3) is 3.12. The van der Waals surface area contributed by atoms with Gasteiger partial charge < -0.3 is 9.88 Å². The van der Waals surface area contributed by atoms with E-state index in [9.17, 15) is 9.59 Å². The van der Waals surface area contributed by atoms with E-state index >= 15 is 0 Å². The molecule has 1 amide bonds. The van der Waals surface area contributed by atoms with Gasteiger partial charge in [-0.3, -0.25) is 9.59 Å². The van der Waals surface area contributed by atoms with Gasteiger partial charge in [-0.2, -0.15) is 5.26 Å². The van der Waals surface area contributed by atoms with Crippen molar-refractivity contribution in [2.45, 2.75) is 6.54 Å². The summed E-state index contributed by atoms with van der Waals surface area (Å²) < 4.78 is 1.46. The Morgan fingerprint density at radius 3 is 2.85 bits per heavy atom. The molecule has 1 N–H and O–H groups in total. The summed E-state index contributed by atoms with van der Waals surface area (Å²) in [6.07, 6.45) is 1.67. The van der Waals surface area contributed by atoms with Crippen molar-refractivity contribution in [3.8, 4) is 6.07 Å². The van der Waals surface area contributed by atoms with Crippen LogP contribution in [0.25, 0.3) is 0 Å². The molecular weight excluding hydrogens is 254 g/mol. The SMILES string of the molecule is Cn1cc(CNC(=O)c2cccc(C#N)c2)ccc1=O. The predicted molar refractivity (Wildman–Crippen MR) is 74.0 cm³/mol. The van der Waals surface area contributed by atoms with E-state index in [-0.39, 0.29) is 11.5 Å². The van der Waals surface area contributed by atoms with Gasteiger partial charge >= 0.3 is 0 Å². The van der Waals surface area contributed by atoms with Gasteiger partial charge in [-0.1, -0.05) is 12.1 Å². The molecule has 0 saturated carbocycles. The molecular formula is C15H13N3O2. The molecule has 0 fully saturated rings. The van der Waals surface area contributed by atoms with Crippen molar-refractivity contribution in [2.24, 2.45) is 7.05 Å². The molecule has 5 heteroatoms. The minimum Gasteiger partial charge on any atom is -0.348 e. The average molecular weight is 267 g/mol. The van der Waals surface area contributed by atoms with Gasteiger partial charge in [0, 0.05) is 31.4 Å². The predicted octanol–water partition coefficient (Wildman–Crippen LogP) is 1.19. The van der Waals surface area contributed by atoms with E-state index in [0.717, 1.165) is 5.56 Å². The topological polar surface area (TPSA) is 74.9 Å². The fraction of sp³-hybridized carbons (Fsp3) is 0.133. The van der Waals surface area contributed by atoms with Gasteiger partial charge in [-0.25, -0.2) is 0 Å². The number of amides is 1. The lowest BCUT2D eigenvalue weighted by molar-refractivity contribution is 0.0951. The van der Waals surface area contributed by atoms with Crippen LogP contribution in [-0.2, 0) is 13.6 Å².